The average Bonchev–Trinajstić information content (AvgIpc) is 2.89. The zero-order valence-electron chi connectivity index (χ0n) is 12.5. The van der Waals surface area contributed by atoms with Gasteiger partial charge in [0.15, 0.2) is 0 Å². The van der Waals surface area contributed by atoms with E-state index in [9.17, 15) is 14.4 Å². The van der Waals surface area contributed by atoms with E-state index in [0.717, 1.165) is 0 Å². The summed E-state index contributed by atoms with van der Waals surface area (Å²) in [5, 5.41) is 0.163. The molecule has 23 heavy (non-hydrogen) atoms. The number of para-hydroxylation sites is 1. The predicted molar refractivity (Wildman–Crippen MR) is 83.9 cm³/mol. The summed E-state index contributed by atoms with van der Waals surface area (Å²) in [6, 6.07) is 6.73. The zero-order chi connectivity index (χ0) is 16.8. The fourth-order valence-electron chi connectivity index (χ4n) is 3.15. The van der Waals surface area contributed by atoms with Gasteiger partial charge >= 0.3 is 5.97 Å². The molecule has 0 aromatic heterocycles. The monoisotopic (exact) mass is 334 g/mol. The van der Waals surface area contributed by atoms with Crippen molar-refractivity contribution in [2.45, 2.75) is 18.5 Å². The van der Waals surface area contributed by atoms with Crippen molar-refractivity contribution in [2.24, 2.45) is 0 Å². The third kappa shape index (κ3) is 2.13. The lowest BCUT2D eigenvalue weighted by atomic mass is 9.97. The van der Waals surface area contributed by atoms with Gasteiger partial charge in [0.25, 0.3) is 5.91 Å². The van der Waals surface area contributed by atoms with Crippen molar-refractivity contribution in [1.82, 2.24) is 4.90 Å². The van der Waals surface area contributed by atoms with E-state index in [1.807, 2.05) is 0 Å². The number of fused-ring (bicyclic) bond motifs is 3. The number of halogens is 1. The van der Waals surface area contributed by atoms with Crippen molar-refractivity contribution in [2.75, 3.05) is 18.6 Å². The molecule has 2 aliphatic rings. The molecule has 1 saturated heterocycles. The highest BCUT2D eigenvalue weighted by Crippen LogP contribution is 2.44. The van der Waals surface area contributed by atoms with Gasteiger partial charge in [0.05, 0.1) is 11.3 Å². The molecule has 1 aromatic carbocycles. The summed E-state index contributed by atoms with van der Waals surface area (Å²) in [7, 11) is 1.50. The van der Waals surface area contributed by atoms with E-state index in [1.54, 1.807) is 24.3 Å². The van der Waals surface area contributed by atoms with Crippen LogP contribution in [0, 0.1) is 0 Å². The van der Waals surface area contributed by atoms with Crippen LogP contribution in [0.3, 0.4) is 0 Å². The third-order valence-electron chi connectivity index (χ3n) is 4.23. The number of rotatable bonds is 3. The molecule has 0 bridgehead atoms. The number of likely N-dealkylation sites (N-methyl/N-ethyl adjacent to an activating group) is 1. The molecule has 1 fully saturated rings. The topological polar surface area (TPSA) is 66.9 Å². The van der Waals surface area contributed by atoms with Gasteiger partial charge in [-0.2, -0.15) is 0 Å². The molecule has 7 heteroatoms. The SMILES string of the molecule is C=C(Cl)COC(=O)C12CCC(=O)N1c1ccccc1C(=O)N2C. The van der Waals surface area contributed by atoms with Crippen LogP contribution in [0.2, 0.25) is 0 Å². The number of carbonyl (C=O) groups is 3. The molecule has 2 heterocycles. The molecule has 120 valence electrons. The molecule has 0 spiro atoms. The standard InChI is InChI=1S/C16H15ClN2O4/c1-10(17)9-23-15(22)16-8-7-13(20)19(16)12-6-4-3-5-11(12)14(21)18(16)2/h3-6H,1,7-9H2,2H3. The second kappa shape index (κ2) is 5.38. The summed E-state index contributed by atoms with van der Waals surface area (Å²) >= 11 is 5.64. The summed E-state index contributed by atoms with van der Waals surface area (Å²) in [5.74, 6) is -1.23. The molecule has 1 aromatic rings. The van der Waals surface area contributed by atoms with Crippen LogP contribution in [0.15, 0.2) is 35.9 Å². The van der Waals surface area contributed by atoms with E-state index < -0.39 is 11.6 Å². The van der Waals surface area contributed by atoms with Gasteiger partial charge in [-0.25, -0.2) is 4.79 Å². The highest BCUT2D eigenvalue weighted by Gasteiger charge is 2.60. The Balaban J connectivity index is 2.11. The maximum Gasteiger partial charge on any atom is 0.354 e. The summed E-state index contributed by atoms with van der Waals surface area (Å²) in [5.41, 5.74) is -0.648. The van der Waals surface area contributed by atoms with Gasteiger partial charge in [-0.3, -0.25) is 14.5 Å². The Labute approximate surface area is 138 Å². The van der Waals surface area contributed by atoms with Gasteiger partial charge in [0.2, 0.25) is 11.6 Å². The lowest BCUT2D eigenvalue weighted by molar-refractivity contribution is -0.155. The van der Waals surface area contributed by atoms with Crippen molar-refractivity contribution in [3.63, 3.8) is 0 Å². The summed E-state index contributed by atoms with van der Waals surface area (Å²) in [6.45, 7) is 3.29. The first-order valence-corrected chi connectivity index (χ1v) is 7.48. The van der Waals surface area contributed by atoms with Crippen molar-refractivity contribution < 1.29 is 19.1 Å². The number of ether oxygens (including phenoxy) is 1. The van der Waals surface area contributed by atoms with Gasteiger partial charge in [0, 0.05) is 24.9 Å². The Hall–Kier alpha value is -2.34. The van der Waals surface area contributed by atoms with Crippen LogP contribution in [0.1, 0.15) is 23.2 Å². The fourth-order valence-corrected chi connectivity index (χ4v) is 3.20. The lowest BCUT2D eigenvalue weighted by Gasteiger charge is -2.46. The van der Waals surface area contributed by atoms with E-state index in [1.165, 1.54) is 16.8 Å². The normalized spacial score (nSPS) is 22.7. The van der Waals surface area contributed by atoms with Crippen LogP contribution in [0.4, 0.5) is 5.69 Å². The molecule has 2 amide bonds. The third-order valence-corrected chi connectivity index (χ3v) is 4.34. The number of hydrogen-bond donors (Lipinski definition) is 0. The van der Waals surface area contributed by atoms with E-state index >= 15 is 0 Å². The lowest BCUT2D eigenvalue weighted by Crippen LogP contribution is -2.67. The molecule has 1 atom stereocenters. The Morgan fingerprint density at radius 2 is 2.09 bits per heavy atom. The summed E-state index contributed by atoms with van der Waals surface area (Å²) < 4.78 is 5.17. The number of esters is 1. The van der Waals surface area contributed by atoms with Crippen molar-refractivity contribution in [3.05, 3.63) is 41.4 Å². The van der Waals surface area contributed by atoms with Gasteiger partial charge in [-0.1, -0.05) is 30.3 Å². The largest absolute Gasteiger partial charge is 0.457 e. The van der Waals surface area contributed by atoms with Gasteiger partial charge < -0.3 is 9.64 Å². The molecule has 0 saturated carbocycles. The number of nitrogens with zero attached hydrogens (tertiary/aromatic N) is 2. The first-order valence-electron chi connectivity index (χ1n) is 7.10. The van der Waals surface area contributed by atoms with Gasteiger partial charge in [-0.05, 0) is 12.1 Å². The number of hydrogen-bond acceptors (Lipinski definition) is 4. The maximum atomic E-state index is 12.7. The molecule has 0 aliphatic carbocycles. The second-order valence-corrected chi connectivity index (χ2v) is 6.05. The summed E-state index contributed by atoms with van der Waals surface area (Å²) in [4.78, 5) is 40.4. The maximum absolute atomic E-state index is 12.7. The van der Waals surface area contributed by atoms with Crippen LogP contribution in [0.5, 0.6) is 0 Å². The van der Waals surface area contributed by atoms with E-state index in [0.29, 0.717) is 11.3 Å². The number of benzene rings is 1. The van der Waals surface area contributed by atoms with Crippen LogP contribution < -0.4 is 4.90 Å². The molecular formula is C16H15ClN2O4. The molecule has 1 unspecified atom stereocenters. The van der Waals surface area contributed by atoms with Crippen LogP contribution in [-0.2, 0) is 14.3 Å². The average molecular weight is 335 g/mol. The first kappa shape index (κ1) is 15.6. The van der Waals surface area contributed by atoms with Crippen LogP contribution in [-0.4, -0.2) is 42.0 Å². The quantitative estimate of drug-likeness (QED) is 0.792. The Morgan fingerprint density at radius 1 is 1.39 bits per heavy atom. The molecule has 6 nitrogen and oxygen atoms in total. The Kier molecular flexibility index (Phi) is 3.64. The molecule has 0 radical (unpaired) electrons. The summed E-state index contributed by atoms with van der Waals surface area (Å²) in [6.07, 6.45) is 0.332. The molecule has 3 rings (SSSR count). The Morgan fingerprint density at radius 3 is 2.78 bits per heavy atom. The van der Waals surface area contributed by atoms with Crippen molar-refractivity contribution in [3.8, 4) is 0 Å². The predicted octanol–water partition coefficient (Wildman–Crippen LogP) is 1.89. The molecular weight excluding hydrogens is 320 g/mol. The van der Waals surface area contributed by atoms with E-state index in [4.69, 9.17) is 16.3 Å². The zero-order valence-corrected chi connectivity index (χ0v) is 13.3. The van der Waals surface area contributed by atoms with E-state index in [-0.39, 0.29) is 36.3 Å². The van der Waals surface area contributed by atoms with E-state index in [2.05, 4.69) is 6.58 Å². The van der Waals surface area contributed by atoms with Crippen molar-refractivity contribution in [1.29, 1.82) is 0 Å². The first-order chi connectivity index (χ1) is 10.9. The number of carbonyl (C=O) groups excluding carboxylic acids is 3. The molecule has 2 aliphatic heterocycles. The smallest absolute Gasteiger partial charge is 0.354 e. The minimum Gasteiger partial charge on any atom is -0.457 e. The van der Waals surface area contributed by atoms with Crippen LogP contribution >= 0.6 is 11.6 Å². The van der Waals surface area contributed by atoms with Gasteiger partial charge in [0.1, 0.15) is 6.61 Å². The Bertz CT molecular complexity index is 733. The molecule has 0 N–H and O–H groups in total. The van der Waals surface area contributed by atoms with Gasteiger partial charge in [-0.15, -0.1) is 0 Å². The van der Waals surface area contributed by atoms with Crippen LogP contribution in [0.25, 0.3) is 0 Å². The minimum atomic E-state index is -1.46. The second-order valence-electron chi connectivity index (χ2n) is 5.52. The van der Waals surface area contributed by atoms with Crippen molar-refractivity contribution >= 4 is 35.1 Å². The number of anilines is 1. The highest BCUT2D eigenvalue weighted by molar-refractivity contribution is 6.29. The minimum absolute atomic E-state index is 0.156. The fraction of sp³-hybridized carbons (Fsp3) is 0.312. The number of amides is 2. The highest BCUT2D eigenvalue weighted by atomic mass is 35.5.